The largest absolute Gasteiger partial charge is 0.480 e. The van der Waals surface area contributed by atoms with Gasteiger partial charge in [0.2, 0.25) is 5.88 Å². The first-order valence-corrected chi connectivity index (χ1v) is 4.69. The summed E-state index contributed by atoms with van der Waals surface area (Å²) in [6.45, 7) is 0. The van der Waals surface area contributed by atoms with Crippen molar-refractivity contribution in [2.24, 2.45) is 0 Å². The van der Waals surface area contributed by atoms with E-state index in [4.69, 9.17) is 10.5 Å². The van der Waals surface area contributed by atoms with Crippen LogP contribution in [0, 0.1) is 0 Å². The van der Waals surface area contributed by atoms with Gasteiger partial charge in [0.05, 0.1) is 24.4 Å². The van der Waals surface area contributed by atoms with Gasteiger partial charge in [0.25, 0.3) is 0 Å². The maximum atomic E-state index is 5.51. The predicted molar refractivity (Wildman–Crippen MR) is 54.1 cm³/mol. The molecule has 2 heterocycles. The second kappa shape index (κ2) is 3.59. The van der Waals surface area contributed by atoms with Crippen LogP contribution in [0.3, 0.4) is 0 Å². The van der Waals surface area contributed by atoms with Gasteiger partial charge in [-0.05, 0) is 0 Å². The third kappa shape index (κ3) is 1.64. The Morgan fingerprint density at radius 1 is 1.21 bits per heavy atom. The van der Waals surface area contributed by atoms with Crippen LogP contribution in [0.15, 0.2) is 18.6 Å². The molecule has 0 aliphatic carbocycles. The van der Waals surface area contributed by atoms with Gasteiger partial charge in [-0.15, -0.1) is 0 Å². The van der Waals surface area contributed by atoms with E-state index >= 15 is 0 Å². The Labute approximate surface area is 84.6 Å². The molecule has 0 radical (unpaired) electrons. The average molecular weight is 208 g/mol. The third-order valence-electron chi connectivity index (χ3n) is 1.61. The van der Waals surface area contributed by atoms with Crippen LogP contribution in [-0.2, 0) is 0 Å². The van der Waals surface area contributed by atoms with Crippen molar-refractivity contribution in [3.8, 4) is 16.5 Å². The molecule has 14 heavy (non-hydrogen) atoms. The van der Waals surface area contributed by atoms with E-state index in [1.54, 1.807) is 25.7 Å². The first-order valence-electron chi connectivity index (χ1n) is 3.87. The van der Waals surface area contributed by atoms with Crippen LogP contribution in [0.2, 0.25) is 0 Å². The molecule has 0 fully saturated rings. The Kier molecular flexibility index (Phi) is 2.28. The SMILES string of the molecule is COc1cnc(-c2cnc(N)s2)cn1. The Hall–Kier alpha value is -1.69. The van der Waals surface area contributed by atoms with E-state index in [1.807, 2.05) is 0 Å². The minimum Gasteiger partial charge on any atom is -0.480 e. The average Bonchev–Trinajstić information content (AvgIpc) is 2.65. The third-order valence-corrected chi connectivity index (χ3v) is 2.46. The van der Waals surface area contributed by atoms with Crippen molar-refractivity contribution < 1.29 is 4.74 Å². The van der Waals surface area contributed by atoms with Crippen LogP contribution in [0.1, 0.15) is 0 Å². The van der Waals surface area contributed by atoms with Crippen molar-refractivity contribution >= 4 is 16.5 Å². The lowest BCUT2D eigenvalue weighted by molar-refractivity contribution is 0.396. The number of aromatic nitrogens is 3. The summed E-state index contributed by atoms with van der Waals surface area (Å²) in [4.78, 5) is 13.0. The summed E-state index contributed by atoms with van der Waals surface area (Å²) in [7, 11) is 1.55. The fraction of sp³-hybridized carbons (Fsp3) is 0.125. The maximum Gasteiger partial charge on any atom is 0.232 e. The van der Waals surface area contributed by atoms with Crippen LogP contribution in [-0.4, -0.2) is 22.1 Å². The van der Waals surface area contributed by atoms with Crippen LogP contribution >= 0.6 is 11.3 Å². The zero-order chi connectivity index (χ0) is 9.97. The van der Waals surface area contributed by atoms with Gasteiger partial charge in [0.1, 0.15) is 5.69 Å². The number of hydrogen-bond donors (Lipinski definition) is 1. The normalized spacial score (nSPS) is 10.1. The predicted octanol–water partition coefficient (Wildman–Crippen LogP) is 1.19. The zero-order valence-electron chi connectivity index (χ0n) is 7.47. The smallest absolute Gasteiger partial charge is 0.232 e. The molecule has 2 aromatic heterocycles. The van der Waals surface area contributed by atoms with Gasteiger partial charge in [0.15, 0.2) is 5.13 Å². The summed E-state index contributed by atoms with van der Waals surface area (Å²) < 4.78 is 4.90. The molecule has 0 aliphatic heterocycles. The lowest BCUT2D eigenvalue weighted by Gasteiger charge is -1.97. The highest BCUT2D eigenvalue weighted by Gasteiger charge is 2.04. The van der Waals surface area contributed by atoms with Gasteiger partial charge < -0.3 is 10.5 Å². The van der Waals surface area contributed by atoms with E-state index < -0.39 is 0 Å². The minimum absolute atomic E-state index is 0.492. The number of rotatable bonds is 2. The lowest BCUT2D eigenvalue weighted by atomic mass is 10.4. The van der Waals surface area contributed by atoms with Crippen molar-refractivity contribution in [2.45, 2.75) is 0 Å². The number of hydrogen-bond acceptors (Lipinski definition) is 6. The van der Waals surface area contributed by atoms with Crippen molar-refractivity contribution in [3.63, 3.8) is 0 Å². The molecule has 0 amide bonds. The summed E-state index contributed by atoms with van der Waals surface area (Å²) in [5.74, 6) is 0.492. The monoisotopic (exact) mass is 208 g/mol. The Morgan fingerprint density at radius 3 is 2.57 bits per heavy atom. The number of ether oxygens (including phenoxy) is 1. The molecule has 2 rings (SSSR count). The summed E-state index contributed by atoms with van der Waals surface area (Å²) >= 11 is 1.38. The summed E-state index contributed by atoms with van der Waals surface area (Å²) in [5.41, 5.74) is 6.26. The molecule has 2 N–H and O–H groups in total. The highest BCUT2D eigenvalue weighted by atomic mass is 32.1. The van der Waals surface area contributed by atoms with Gasteiger partial charge in [-0.1, -0.05) is 11.3 Å². The standard InChI is InChI=1S/C8H8N4OS/c1-13-7-4-10-5(2-11-7)6-3-12-8(9)14-6/h2-4H,1H3,(H2,9,12). The number of anilines is 1. The van der Waals surface area contributed by atoms with Crippen molar-refractivity contribution in [1.29, 1.82) is 0 Å². The number of nitrogens with zero attached hydrogens (tertiary/aromatic N) is 3. The number of methoxy groups -OCH3 is 1. The molecule has 6 heteroatoms. The molecule has 0 unspecified atom stereocenters. The molecule has 0 atom stereocenters. The van der Waals surface area contributed by atoms with Crippen molar-refractivity contribution in [3.05, 3.63) is 18.6 Å². The lowest BCUT2D eigenvalue weighted by Crippen LogP contribution is -1.89. The van der Waals surface area contributed by atoms with Crippen LogP contribution < -0.4 is 10.5 Å². The molecular formula is C8H8N4OS. The molecule has 0 saturated carbocycles. The molecule has 2 aromatic rings. The molecule has 0 bridgehead atoms. The molecule has 0 aromatic carbocycles. The topological polar surface area (TPSA) is 73.9 Å². The summed E-state index contributed by atoms with van der Waals surface area (Å²) in [6.07, 6.45) is 4.87. The second-order valence-corrected chi connectivity index (χ2v) is 3.57. The molecule has 0 saturated heterocycles. The highest BCUT2D eigenvalue weighted by molar-refractivity contribution is 7.18. The van der Waals surface area contributed by atoms with Gasteiger partial charge in [-0.25, -0.2) is 15.0 Å². The van der Waals surface area contributed by atoms with Crippen LogP contribution in [0.25, 0.3) is 10.6 Å². The quantitative estimate of drug-likeness (QED) is 0.802. The van der Waals surface area contributed by atoms with Gasteiger partial charge in [-0.2, -0.15) is 0 Å². The van der Waals surface area contributed by atoms with E-state index in [-0.39, 0.29) is 0 Å². The molecule has 72 valence electrons. The molecule has 0 spiro atoms. The van der Waals surface area contributed by atoms with Crippen LogP contribution in [0.5, 0.6) is 5.88 Å². The van der Waals surface area contributed by atoms with Gasteiger partial charge in [-0.3, -0.25) is 0 Å². The molecule has 5 nitrogen and oxygen atoms in total. The van der Waals surface area contributed by atoms with E-state index in [9.17, 15) is 0 Å². The van der Waals surface area contributed by atoms with Gasteiger partial charge >= 0.3 is 0 Å². The Balaban J connectivity index is 2.33. The highest BCUT2D eigenvalue weighted by Crippen LogP contribution is 2.25. The Bertz CT molecular complexity index is 425. The van der Waals surface area contributed by atoms with E-state index in [2.05, 4.69) is 15.0 Å². The van der Waals surface area contributed by atoms with Crippen molar-refractivity contribution in [2.75, 3.05) is 12.8 Å². The first kappa shape index (κ1) is 8.89. The molecule has 0 aliphatic rings. The number of nitrogen functional groups attached to an aromatic ring is 1. The first-order chi connectivity index (χ1) is 6.79. The fourth-order valence-corrected chi connectivity index (χ4v) is 1.60. The van der Waals surface area contributed by atoms with Crippen LogP contribution in [0.4, 0.5) is 5.13 Å². The second-order valence-electron chi connectivity index (χ2n) is 2.51. The maximum absolute atomic E-state index is 5.51. The number of nitrogens with two attached hydrogens (primary N) is 1. The van der Waals surface area contributed by atoms with Crippen molar-refractivity contribution in [1.82, 2.24) is 15.0 Å². The van der Waals surface area contributed by atoms with E-state index in [1.165, 1.54) is 11.3 Å². The number of thiazole rings is 1. The summed E-state index contributed by atoms with van der Waals surface area (Å²) in [6, 6.07) is 0. The van der Waals surface area contributed by atoms with E-state index in [0.29, 0.717) is 11.0 Å². The fourth-order valence-electron chi connectivity index (χ4n) is 0.955. The summed E-state index contributed by atoms with van der Waals surface area (Å²) in [5, 5.41) is 0.526. The van der Waals surface area contributed by atoms with E-state index in [0.717, 1.165) is 10.6 Å². The molecular weight excluding hydrogens is 200 g/mol. The Morgan fingerprint density at radius 2 is 2.07 bits per heavy atom. The van der Waals surface area contributed by atoms with Gasteiger partial charge in [0, 0.05) is 6.20 Å². The minimum atomic E-state index is 0.492. The zero-order valence-corrected chi connectivity index (χ0v) is 8.28.